The predicted molar refractivity (Wildman–Crippen MR) is 190 cm³/mol. The summed E-state index contributed by atoms with van der Waals surface area (Å²) in [7, 11) is -1.46. The summed E-state index contributed by atoms with van der Waals surface area (Å²) in [6, 6.07) is 22.3. The maximum absolute atomic E-state index is 11.5. The van der Waals surface area contributed by atoms with Crippen molar-refractivity contribution in [1.82, 2.24) is 15.0 Å². The first-order chi connectivity index (χ1) is 25.2. The number of nitrogens with zero attached hydrogens (tertiary/aromatic N) is 7. The van der Waals surface area contributed by atoms with E-state index in [1.807, 2.05) is 0 Å². The van der Waals surface area contributed by atoms with Crippen LogP contribution in [0, 0.1) is 0 Å². The van der Waals surface area contributed by atoms with E-state index in [2.05, 4.69) is 60.7 Å². The van der Waals surface area contributed by atoms with E-state index in [4.69, 9.17) is 14.7 Å². The van der Waals surface area contributed by atoms with E-state index in [0.29, 0.717) is 44.8 Å². The van der Waals surface area contributed by atoms with Crippen molar-refractivity contribution in [3.05, 3.63) is 84.9 Å². The SMILES string of the molecule is COc1cc(Nc2nc(NCCO)nc(Nc3ccc(N=Nc4cccc(S(=O)(=O)O)c4)c(OC)c3)n2)ccc1N=Nc1cccc(SOOO)c1. The predicted octanol–water partition coefficient (Wildman–Crippen LogP) is 7.29. The number of hydrogen-bond donors (Lipinski definition) is 6. The summed E-state index contributed by atoms with van der Waals surface area (Å²) < 4.78 is 47.7. The number of anilines is 5. The van der Waals surface area contributed by atoms with Gasteiger partial charge in [0, 0.05) is 34.9 Å². The maximum atomic E-state index is 11.5. The van der Waals surface area contributed by atoms with Crippen LogP contribution in [0.25, 0.3) is 0 Å². The topological polar surface area (TPSA) is 256 Å². The van der Waals surface area contributed by atoms with Crippen molar-refractivity contribution >= 4 is 74.1 Å². The lowest BCUT2D eigenvalue weighted by atomic mass is 10.2. The lowest BCUT2D eigenvalue weighted by Gasteiger charge is -2.13. The number of nitrogens with one attached hydrogen (secondary N) is 3. The molecule has 52 heavy (non-hydrogen) atoms. The summed E-state index contributed by atoms with van der Waals surface area (Å²) in [6.45, 7) is 0.0205. The van der Waals surface area contributed by atoms with Gasteiger partial charge < -0.3 is 30.5 Å². The van der Waals surface area contributed by atoms with Gasteiger partial charge in [-0.1, -0.05) is 17.2 Å². The number of aromatic nitrogens is 3. The second-order valence-electron chi connectivity index (χ2n) is 10.1. The van der Waals surface area contributed by atoms with Crippen LogP contribution in [0.15, 0.2) is 115 Å². The van der Waals surface area contributed by atoms with Crippen LogP contribution in [-0.2, 0) is 19.5 Å². The fourth-order valence-electron chi connectivity index (χ4n) is 4.25. The number of ether oxygens (including phenoxy) is 2. The number of benzene rings is 4. The van der Waals surface area contributed by atoms with Gasteiger partial charge in [0.1, 0.15) is 22.9 Å². The van der Waals surface area contributed by atoms with E-state index in [1.54, 1.807) is 60.7 Å². The molecule has 0 atom stereocenters. The summed E-state index contributed by atoms with van der Waals surface area (Å²) in [5.41, 5.74) is 2.56. The number of hydrogen-bond acceptors (Lipinski definition) is 19. The van der Waals surface area contributed by atoms with Crippen molar-refractivity contribution in [2.75, 3.05) is 43.3 Å². The van der Waals surface area contributed by atoms with E-state index in [9.17, 15) is 18.1 Å². The average Bonchev–Trinajstić information content (AvgIpc) is 3.15. The summed E-state index contributed by atoms with van der Waals surface area (Å²) in [5, 5.41) is 47.2. The van der Waals surface area contributed by atoms with Crippen molar-refractivity contribution in [1.29, 1.82) is 0 Å². The molecule has 21 heteroatoms. The van der Waals surface area contributed by atoms with E-state index < -0.39 is 10.1 Å². The molecule has 0 spiro atoms. The Morgan fingerprint density at radius 1 is 0.731 bits per heavy atom. The van der Waals surface area contributed by atoms with Crippen LogP contribution in [0.4, 0.5) is 52.0 Å². The first kappa shape index (κ1) is 37.4. The number of aliphatic hydroxyl groups excluding tert-OH is 1. The Bertz CT molecular complexity index is 2180. The molecule has 6 N–H and O–H groups in total. The fourth-order valence-corrected chi connectivity index (χ4v) is 5.18. The first-order valence-electron chi connectivity index (χ1n) is 14.8. The van der Waals surface area contributed by atoms with E-state index >= 15 is 0 Å². The van der Waals surface area contributed by atoms with Crippen LogP contribution in [-0.4, -0.2) is 65.7 Å². The average molecular weight is 751 g/mol. The second kappa shape index (κ2) is 17.9. The molecule has 0 aliphatic carbocycles. The largest absolute Gasteiger partial charge is 0.494 e. The van der Waals surface area contributed by atoms with Gasteiger partial charge >= 0.3 is 0 Å². The van der Waals surface area contributed by atoms with Gasteiger partial charge in [-0.25, -0.2) is 5.26 Å². The Labute approximate surface area is 300 Å². The van der Waals surface area contributed by atoms with Crippen molar-refractivity contribution in [2.45, 2.75) is 9.79 Å². The minimum atomic E-state index is -4.40. The van der Waals surface area contributed by atoms with Crippen molar-refractivity contribution in [3.63, 3.8) is 0 Å². The zero-order valence-corrected chi connectivity index (χ0v) is 28.9. The van der Waals surface area contributed by atoms with Gasteiger partial charge in [-0.05, 0) is 60.7 Å². The van der Waals surface area contributed by atoms with Gasteiger partial charge in [-0.3, -0.25) is 4.55 Å². The highest BCUT2D eigenvalue weighted by Gasteiger charge is 2.13. The van der Waals surface area contributed by atoms with E-state index in [1.165, 1.54) is 38.5 Å². The van der Waals surface area contributed by atoms with E-state index in [0.717, 1.165) is 12.0 Å². The molecule has 0 bridgehead atoms. The Hall–Kier alpha value is -5.81. The summed E-state index contributed by atoms with van der Waals surface area (Å²) >= 11 is 0.800. The molecule has 1 heterocycles. The molecular formula is C31H30N10O9S2. The molecule has 270 valence electrons. The summed E-state index contributed by atoms with van der Waals surface area (Å²) in [5.74, 6) is 1.20. The third kappa shape index (κ3) is 10.6. The quantitative estimate of drug-likeness (QED) is 0.0179. The Morgan fingerprint density at radius 3 is 1.83 bits per heavy atom. The van der Waals surface area contributed by atoms with Crippen LogP contribution < -0.4 is 25.4 Å². The number of methoxy groups -OCH3 is 2. The van der Waals surface area contributed by atoms with Crippen LogP contribution in [0.2, 0.25) is 0 Å². The van der Waals surface area contributed by atoms with E-state index in [-0.39, 0.29) is 41.6 Å². The van der Waals surface area contributed by atoms with Gasteiger partial charge in [0.25, 0.3) is 10.1 Å². The lowest BCUT2D eigenvalue weighted by Crippen LogP contribution is -2.12. The first-order valence-corrected chi connectivity index (χ1v) is 17.0. The highest BCUT2D eigenvalue weighted by atomic mass is 32.2. The standard InChI is InChI=1S/C31H30N10O9S2/c1-47-27-17-19(9-11-25(27)40-38-21-5-3-7-23(15-21)51-50-49-43)33-30-35-29(32-13-14-42)36-31(37-30)34-20-10-12-26(28(18-20)48-2)41-39-22-6-4-8-24(16-22)52(44,45)46/h3-12,15-18,42-43H,13-14H2,1-2H3,(H,44,45,46)(H3,32,33,34,35,36,37). The molecule has 0 unspecified atom stereocenters. The van der Waals surface area contributed by atoms with Crippen LogP contribution in [0.3, 0.4) is 0 Å². The number of aliphatic hydroxyl groups is 1. The Morgan fingerprint density at radius 2 is 1.29 bits per heavy atom. The van der Waals surface area contributed by atoms with Crippen molar-refractivity contribution in [3.8, 4) is 11.5 Å². The zero-order chi connectivity index (χ0) is 36.9. The lowest BCUT2D eigenvalue weighted by molar-refractivity contribution is -0.432. The van der Waals surface area contributed by atoms with Crippen LogP contribution in [0.1, 0.15) is 0 Å². The molecule has 5 aromatic rings. The second-order valence-corrected chi connectivity index (χ2v) is 12.3. The molecule has 0 aliphatic rings. The minimum absolute atomic E-state index is 0.144. The van der Waals surface area contributed by atoms with Crippen LogP contribution >= 0.6 is 12.0 Å². The molecule has 19 nitrogen and oxygen atoms in total. The normalized spacial score (nSPS) is 11.6. The van der Waals surface area contributed by atoms with Gasteiger partial charge in [0.15, 0.2) is 0 Å². The molecule has 0 amide bonds. The van der Waals surface area contributed by atoms with Gasteiger partial charge in [0.2, 0.25) is 17.8 Å². The molecule has 0 fully saturated rings. The maximum Gasteiger partial charge on any atom is 0.294 e. The van der Waals surface area contributed by atoms with Crippen molar-refractivity contribution in [2.24, 2.45) is 20.5 Å². The smallest absolute Gasteiger partial charge is 0.294 e. The molecule has 5 rings (SSSR count). The molecule has 0 saturated carbocycles. The monoisotopic (exact) mass is 750 g/mol. The highest BCUT2D eigenvalue weighted by molar-refractivity contribution is 7.94. The van der Waals surface area contributed by atoms with Crippen LogP contribution in [0.5, 0.6) is 11.5 Å². The van der Waals surface area contributed by atoms with Gasteiger partial charge in [-0.15, -0.1) is 14.6 Å². The molecule has 0 radical (unpaired) electrons. The van der Waals surface area contributed by atoms with Gasteiger partial charge in [-0.2, -0.15) is 33.6 Å². The highest BCUT2D eigenvalue weighted by Crippen LogP contribution is 2.35. The molecule has 0 aliphatic heterocycles. The Balaban J connectivity index is 1.34. The summed E-state index contributed by atoms with van der Waals surface area (Å²) in [6.07, 6.45) is 0. The number of rotatable bonds is 17. The minimum Gasteiger partial charge on any atom is -0.494 e. The molecule has 4 aromatic carbocycles. The van der Waals surface area contributed by atoms with Gasteiger partial charge in [0.05, 0.1) is 49.1 Å². The third-order valence-corrected chi connectivity index (χ3v) is 7.97. The summed E-state index contributed by atoms with van der Waals surface area (Å²) in [4.78, 5) is 13.6. The number of azo groups is 2. The fraction of sp³-hybridized carbons (Fsp3) is 0.129. The third-order valence-electron chi connectivity index (χ3n) is 6.54. The Kier molecular flexibility index (Phi) is 12.9. The molecule has 0 saturated heterocycles. The van der Waals surface area contributed by atoms with Crippen molar-refractivity contribution < 1.29 is 42.2 Å². The molecule has 1 aromatic heterocycles. The zero-order valence-electron chi connectivity index (χ0n) is 27.2. The molecular weight excluding hydrogens is 721 g/mol.